The van der Waals surface area contributed by atoms with E-state index in [4.69, 9.17) is 11.6 Å². The lowest BCUT2D eigenvalue weighted by Crippen LogP contribution is -2.16. The third-order valence-corrected chi connectivity index (χ3v) is 3.35. The van der Waals surface area contributed by atoms with Gasteiger partial charge in [-0.05, 0) is 28.1 Å². The van der Waals surface area contributed by atoms with Crippen LogP contribution < -0.4 is 0 Å². The number of Topliss-reactive ketones (excluding diaryl/α,β-unsaturated/α-hetero) is 1. The molecule has 1 unspecified atom stereocenters. The minimum absolute atomic E-state index is 0.0735. The van der Waals surface area contributed by atoms with Gasteiger partial charge in [0.25, 0.3) is 0 Å². The van der Waals surface area contributed by atoms with Gasteiger partial charge in [0, 0.05) is 16.3 Å². The average Bonchev–Trinajstić information content (AvgIpc) is 2.15. The van der Waals surface area contributed by atoms with Crippen LogP contribution in [0.1, 0.15) is 17.3 Å². The van der Waals surface area contributed by atoms with Gasteiger partial charge >= 0.3 is 0 Å². The van der Waals surface area contributed by atoms with Crippen LogP contribution in [-0.2, 0) is 0 Å². The lowest BCUT2D eigenvalue weighted by Gasteiger charge is -2.14. The van der Waals surface area contributed by atoms with Gasteiger partial charge in [0.2, 0.25) is 0 Å². The van der Waals surface area contributed by atoms with Crippen LogP contribution in [-0.4, -0.2) is 12.0 Å². The van der Waals surface area contributed by atoms with Crippen LogP contribution in [0.2, 0.25) is 5.02 Å². The van der Waals surface area contributed by atoms with E-state index < -0.39 is 0 Å². The maximum Gasteiger partial charge on any atom is 0.173 e. The third kappa shape index (κ3) is 1.51. The van der Waals surface area contributed by atoms with Crippen molar-refractivity contribution in [3.8, 4) is 0 Å². The highest BCUT2D eigenvalue weighted by atomic mass is 79.9. The Labute approximate surface area is 95.1 Å². The molecule has 72 valence electrons. The minimum atomic E-state index is -0.153. The Morgan fingerprint density at radius 3 is 2.93 bits per heavy atom. The second-order valence-corrected chi connectivity index (χ2v) is 4.48. The largest absolute Gasteiger partial charge is 0.293 e. The van der Waals surface area contributed by atoms with Crippen molar-refractivity contribution >= 4 is 45.2 Å². The summed E-state index contributed by atoms with van der Waals surface area (Å²) in [6.07, 6.45) is 1.66. The van der Waals surface area contributed by atoms with Gasteiger partial charge < -0.3 is 0 Å². The van der Waals surface area contributed by atoms with Crippen LogP contribution in [0.25, 0.3) is 0 Å². The molecule has 0 aliphatic carbocycles. The second kappa shape index (κ2) is 3.48. The van der Waals surface area contributed by atoms with E-state index >= 15 is 0 Å². The monoisotopic (exact) mass is 271 g/mol. The molecule has 2 nitrogen and oxygen atoms in total. The van der Waals surface area contributed by atoms with Crippen LogP contribution in [0, 0.1) is 5.92 Å². The fourth-order valence-corrected chi connectivity index (χ4v) is 1.84. The van der Waals surface area contributed by atoms with Crippen LogP contribution in [0.3, 0.4) is 0 Å². The Bertz CT molecular complexity index is 442. The quantitative estimate of drug-likeness (QED) is 0.709. The summed E-state index contributed by atoms with van der Waals surface area (Å²) < 4.78 is 0.761. The number of hydrogen-bond donors (Lipinski definition) is 0. The van der Waals surface area contributed by atoms with Gasteiger partial charge in [-0.25, -0.2) is 0 Å². The van der Waals surface area contributed by atoms with Crippen LogP contribution in [0.5, 0.6) is 0 Å². The van der Waals surface area contributed by atoms with E-state index in [2.05, 4.69) is 20.9 Å². The number of ketones is 1. The van der Waals surface area contributed by atoms with Crippen molar-refractivity contribution in [2.24, 2.45) is 10.9 Å². The fraction of sp³-hybridized carbons (Fsp3) is 0.200. The number of hydrogen-bond acceptors (Lipinski definition) is 2. The summed E-state index contributed by atoms with van der Waals surface area (Å²) in [6, 6.07) is 3.42. The number of fused-ring (bicyclic) bond motifs is 1. The number of carbonyl (C=O) groups is 1. The zero-order valence-electron chi connectivity index (χ0n) is 7.42. The van der Waals surface area contributed by atoms with Crippen molar-refractivity contribution in [1.82, 2.24) is 0 Å². The number of carbonyl (C=O) groups excluding carboxylic acids is 1. The summed E-state index contributed by atoms with van der Waals surface area (Å²) >= 11 is 9.20. The molecule has 0 radical (unpaired) electrons. The first-order valence-electron chi connectivity index (χ1n) is 4.17. The molecule has 4 heteroatoms. The van der Waals surface area contributed by atoms with Gasteiger partial charge in [0.05, 0.1) is 16.6 Å². The smallest absolute Gasteiger partial charge is 0.173 e. The summed E-state index contributed by atoms with van der Waals surface area (Å²) in [5, 5.41) is 0.543. The maximum atomic E-state index is 11.7. The number of nitrogens with zero attached hydrogens (tertiary/aromatic N) is 1. The molecule has 2 rings (SSSR count). The summed E-state index contributed by atoms with van der Waals surface area (Å²) in [6.45, 7) is 1.82. The first-order valence-corrected chi connectivity index (χ1v) is 5.34. The SMILES string of the molecule is CC1C=Nc2cc(Br)c(Cl)cc2C1=O. The van der Waals surface area contributed by atoms with E-state index in [1.165, 1.54) is 0 Å². The lowest BCUT2D eigenvalue weighted by molar-refractivity contribution is 0.0962. The molecular formula is C10H7BrClNO. The molecule has 1 atom stereocenters. The van der Waals surface area contributed by atoms with Crippen LogP contribution in [0.4, 0.5) is 5.69 Å². The van der Waals surface area contributed by atoms with Crippen molar-refractivity contribution in [3.05, 3.63) is 27.2 Å². The van der Waals surface area contributed by atoms with Gasteiger partial charge in [-0.1, -0.05) is 18.5 Å². The van der Waals surface area contributed by atoms with Gasteiger partial charge in [-0.3, -0.25) is 9.79 Å². The molecule has 0 spiro atoms. The summed E-state index contributed by atoms with van der Waals surface area (Å²) in [7, 11) is 0. The van der Waals surface area contributed by atoms with E-state index in [9.17, 15) is 4.79 Å². The zero-order chi connectivity index (χ0) is 10.3. The molecular weight excluding hydrogens is 265 g/mol. The van der Waals surface area contributed by atoms with Gasteiger partial charge in [0.1, 0.15) is 0 Å². The number of benzene rings is 1. The van der Waals surface area contributed by atoms with Gasteiger partial charge in [-0.2, -0.15) is 0 Å². The van der Waals surface area contributed by atoms with Gasteiger partial charge in [-0.15, -0.1) is 0 Å². The molecule has 0 saturated carbocycles. The first kappa shape index (κ1) is 9.87. The van der Waals surface area contributed by atoms with E-state index in [1.54, 1.807) is 18.3 Å². The predicted molar refractivity (Wildman–Crippen MR) is 60.8 cm³/mol. The maximum absolute atomic E-state index is 11.7. The number of aliphatic imine (C=N–C) groups is 1. The van der Waals surface area contributed by atoms with Crippen molar-refractivity contribution in [2.45, 2.75) is 6.92 Å². The molecule has 1 heterocycles. The van der Waals surface area contributed by atoms with E-state index in [1.807, 2.05) is 6.92 Å². The van der Waals surface area contributed by atoms with Crippen LogP contribution in [0.15, 0.2) is 21.6 Å². The van der Waals surface area contributed by atoms with Crippen molar-refractivity contribution < 1.29 is 4.79 Å². The minimum Gasteiger partial charge on any atom is -0.293 e. The summed E-state index contributed by atoms with van der Waals surface area (Å²) in [5.74, 6) is -0.0795. The van der Waals surface area contributed by atoms with E-state index in [0.717, 1.165) is 4.47 Å². The second-order valence-electron chi connectivity index (χ2n) is 3.21. The highest BCUT2D eigenvalue weighted by molar-refractivity contribution is 9.10. The van der Waals surface area contributed by atoms with Crippen molar-refractivity contribution in [1.29, 1.82) is 0 Å². The summed E-state index contributed by atoms with van der Waals surface area (Å²) in [4.78, 5) is 15.9. The molecule has 0 amide bonds. The molecule has 0 N–H and O–H groups in total. The normalized spacial score (nSPS) is 19.6. The molecule has 1 aliphatic rings. The van der Waals surface area contributed by atoms with E-state index in [-0.39, 0.29) is 11.7 Å². The third-order valence-electron chi connectivity index (χ3n) is 2.15. The summed E-state index contributed by atoms with van der Waals surface area (Å²) in [5.41, 5.74) is 1.29. The molecule has 14 heavy (non-hydrogen) atoms. The first-order chi connectivity index (χ1) is 6.59. The molecule has 0 saturated heterocycles. The van der Waals surface area contributed by atoms with Gasteiger partial charge in [0.15, 0.2) is 5.78 Å². The Hall–Kier alpha value is -0.670. The molecule has 1 aromatic rings. The highest BCUT2D eigenvalue weighted by Gasteiger charge is 2.22. The molecule has 1 aromatic carbocycles. The molecule has 0 bridgehead atoms. The van der Waals surface area contributed by atoms with Crippen molar-refractivity contribution in [3.63, 3.8) is 0 Å². The average molecular weight is 273 g/mol. The predicted octanol–water partition coefficient (Wildman–Crippen LogP) is 3.64. The Kier molecular flexibility index (Phi) is 2.45. The van der Waals surface area contributed by atoms with E-state index in [0.29, 0.717) is 16.3 Å². The Morgan fingerprint density at radius 2 is 2.21 bits per heavy atom. The van der Waals surface area contributed by atoms with Crippen LogP contribution >= 0.6 is 27.5 Å². The number of halogens is 2. The molecule has 0 fully saturated rings. The zero-order valence-corrected chi connectivity index (χ0v) is 9.76. The lowest BCUT2D eigenvalue weighted by atomic mass is 9.96. The number of rotatable bonds is 0. The Morgan fingerprint density at radius 1 is 1.50 bits per heavy atom. The van der Waals surface area contributed by atoms with Crippen molar-refractivity contribution in [2.75, 3.05) is 0 Å². The topological polar surface area (TPSA) is 29.4 Å². The molecule has 1 aliphatic heterocycles. The highest BCUT2D eigenvalue weighted by Crippen LogP contribution is 2.34. The molecule has 0 aromatic heterocycles. The fourth-order valence-electron chi connectivity index (χ4n) is 1.35. The Balaban J connectivity index is 2.64. The standard InChI is InChI=1S/C10H7BrClNO/c1-5-4-13-9-3-7(11)8(12)2-6(9)10(5)14/h2-5H,1H3.